The van der Waals surface area contributed by atoms with Crippen LogP contribution in [0, 0.1) is 23.7 Å². The highest BCUT2D eigenvalue weighted by atomic mass is 16.2. The third-order valence-electron chi connectivity index (χ3n) is 4.80. The highest BCUT2D eigenvalue weighted by molar-refractivity contribution is 5.80. The molecule has 4 heteroatoms. The molecular formula is C13H20N2O2. The van der Waals surface area contributed by atoms with E-state index in [9.17, 15) is 9.59 Å². The zero-order valence-corrected chi connectivity index (χ0v) is 10.1. The van der Waals surface area contributed by atoms with E-state index in [4.69, 9.17) is 5.73 Å². The minimum atomic E-state index is -0.209. The van der Waals surface area contributed by atoms with Gasteiger partial charge in [0.1, 0.15) is 0 Å². The van der Waals surface area contributed by atoms with Gasteiger partial charge >= 0.3 is 0 Å². The van der Waals surface area contributed by atoms with Gasteiger partial charge in [0, 0.05) is 24.9 Å². The van der Waals surface area contributed by atoms with E-state index >= 15 is 0 Å². The average molecular weight is 236 g/mol. The van der Waals surface area contributed by atoms with E-state index in [2.05, 4.69) is 0 Å². The van der Waals surface area contributed by atoms with Gasteiger partial charge in [-0.15, -0.1) is 0 Å². The molecule has 2 N–H and O–H groups in total. The monoisotopic (exact) mass is 236 g/mol. The molecule has 17 heavy (non-hydrogen) atoms. The van der Waals surface area contributed by atoms with Crippen molar-refractivity contribution >= 4 is 11.8 Å². The molecule has 0 bridgehead atoms. The lowest BCUT2D eigenvalue weighted by Gasteiger charge is -2.32. The molecule has 94 valence electrons. The molecule has 3 rings (SSSR count). The van der Waals surface area contributed by atoms with Crippen LogP contribution in [0.5, 0.6) is 0 Å². The Morgan fingerprint density at radius 2 is 1.53 bits per heavy atom. The van der Waals surface area contributed by atoms with Crippen molar-refractivity contribution in [1.82, 2.24) is 4.90 Å². The average Bonchev–Trinajstić information content (AvgIpc) is 2.95. The summed E-state index contributed by atoms with van der Waals surface area (Å²) in [4.78, 5) is 25.3. The first-order valence-corrected chi connectivity index (χ1v) is 6.73. The minimum absolute atomic E-state index is 0.0176. The smallest absolute Gasteiger partial charge is 0.225 e. The van der Waals surface area contributed by atoms with Gasteiger partial charge in [0.05, 0.1) is 0 Å². The number of piperidine rings is 1. The number of carbonyl (C=O) groups is 2. The van der Waals surface area contributed by atoms with Gasteiger partial charge in [-0.25, -0.2) is 0 Å². The maximum Gasteiger partial charge on any atom is 0.225 e. The van der Waals surface area contributed by atoms with E-state index in [1.54, 1.807) is 0 Å². The van der Waals surface area contributed by atoms with Crippen LogP contribution in [0.25, 0.3) is 0 Å². The van der Waals surface area contributed by atoms with Gasteiger partial charge in [0.15, 0.2) is 0 Å². The van der Waals surface area contributed by atoms with E-state index in [1.807, 2.05) is 4.90 Å². The minimum Gasteiger partial charge on any atom is -0.369 e. The summed E-state index contributed by atoms with van der Waals surface area (Å²) in [5, 5.41) is 0. The molecule has 2 atom stereocenters. The molecule has 1 aliphatic heterocycles. The van der Waals surface area contributed by atoms with Crippen LogP contribution in [0.1, 0.15) is 32.1 Å². The Kier molecular flexibility index (Phi) is 2.60. The van der Waals surface area contributed by atoms with Gasteiger partial charge in [-0.1, -0.05) is 0 Å². The van der Waals surface area contributed by atoms with Crippen LogP contribution >= 0.6 is 0 Å². The van der Waals surface area contributed by atoms with Gasteiger partial charge in [0.25, 0.3) is 0 Å². The summed E-state index contributed by atoms with van der Waals surface area (Å²) in [5.74, 6) is 2.10. The Labute approximate surface area is 102 Å². The van der Waals surface area contributed by atoms with Crippen LogP contribution in [-0.4, -0.2) is 29.8 Å². The Bertz CT molecular complexity index is 337. The summed E-state index contributed by atoms with van der Waals surface area (Å²) in [7, 11) is 0. The van der Waals surface area contributed by atoms with Crippen LogP contribution in [-0.2, 0) is 9.59 Å². The van der Waals surface area contributed by atoms with E-state index in [1.165, 1.54) is 6.42 Å². The number of fused-ring (bicyclic) bond motifs is 1. The maximum atomic E-state index is 12.3. The predicted octanol–water partition coefficient (Wildman–Crippen LogP) is 0.756. The highest BCUT2D eigenvalue weighted by Gasteiger charge is 2.48. The summed E-state index contributed by atoms with van der Waals surface area (Å²) >= 11 is 0. The van der Waals surface area contributed by atoms with Crippen molar-refractivity contribution in [3.05, 3.63) is 0 Å². The van der Waals surface area contributed by atoms with Gasteiger partial charge in [-0.3, -0.25) is 9.59 Å². The van der Waals surface area contributed by atoms with Crippen molar-refractivity contribution < 1.29 is 9.59 Å². The molecule has 1 saturated heterocycles. The molecular weight excluding hydrogens is 216 g/mol. The molecule has 2 aliphatic carbocycles. The molecule has 0 aromatic rings. The first-order valence-electron chi connectivity index (χ1n) is 6.73. The lowest BCUT2D eigenvalue weighted by atomic mass is 9.94. The molecule has 2 saturated carbocycles. The summed E-state index contributed by atoms with van der Waals surface area (Å²) < 4.78 is 0. The zero-order valence-electron chi connectivity index (χ0n) is 10.1. The van der Waals surface area contributed by atoms with Crippen molar-refractivity contribution in [1.29, 1.82) is 0 Å². The first-order chi connectivity index (χ1) is 8.15. The molecule has 1 heterocycles. The number of nitrogens with two attached hydrogens (primary N) is 1. The SMILES string of the molecule is NC(=O)C1CCN(C(=O)C2CC3CC3C2)CC1. The van der Waals surface area contributed by atoms with Crippen LogP contribution in [0.4, 0.5) is 0 Å². The second-order valence-electron chi connectivity index (χ2n) is 5.93. The number of likely N-dealkylation sites (tertiary alicyclic amines) is 1. The number of carbonyl (C=O) groups excluding carboxylic acids is 2. The number of nitrogens with zero attached hydrogens (tertiary/aromatic N) is 1. The second kappa shape index (κ2) is 4.00. The molecule has 0 radical (unpaired) electrons. The lowest BCUT2D eigenvalue weighted by Crippen LogP contribution is -2.44. The lowest BCUT2D eigenvalue weighted by molar-refractivity contribution is -0.138. The van der Waals surface area contributed by atoms with Gasteiger partial charge in [0.2, 0.25) is 11.8 Å². The van der Waals surface area contributed by atoms with Gasteiger partial charge in [-0.2, -0.15) is 0 Å². The Balaban J connectivity index is 1.52. The van der Waals surface area contributed by atoms with E-state index in [0.717, 1.165) is 50.6 Å². The molecule has 0 aromatic carbocycles. The fourth-order valence-electron chi connectivity index (χ4n) is 3.56. The van der Waals surface area contributed by atoms with Gasteiger partial charge < -0.3 is 10.6 Å². The third kappa shape index (κ3) is 2.05. The molecule has 2 amide bonds. The second-order valence-corrected chi connectivity index (χ2v) is 5.93. The zero-order chi connectivity index (χ0) is 12.0. The summed E-state index contributed by atoms with van der Waals surface area (Å²) in [6, 6.07) is 0. The number of primary amides is 1. The topological polar surface area (TPSA) is 63.4 Å². The van der Waals surface area contributed by atoms with E-state index in [0.29, 0.717) is 5.91 Å². The Morgan fingerprint density at radius 1 is 0.941 bits per heavy atom. The Morgan fingerprint density at radius 3 is 2.06 bits per heavy atom. The maximum absolute atomic E-state index is 12.3. The van der Waals surface area contributed by atoms with Gasteiger partial charge in [-0.05, 0) is 43.9 Å². The van der Waals surface area contributed by atoms with Crippen LogP contribution < -0.4 is 5.73 Å². The number of rotatable bonds is 2. The quantitative estimate of drug-likeness (QED) is 0.769. The normalized spacial score (nSPS) is 36.7. The Hall–Kier alpha value is -1.06. The fraction of sp³-hybridized carbons (Fsp3) is 0.846. The number of amides is 2. The standard InChI is InChI=1S/C13H20N2O2/c14-12(16)8-1-3-15(4-2-8)13(17)11-6-9-5-10(9)7-11/h8-11H,1-7H2,(H2,14,16). The molecule has 0 spiro atoms. The van der Waals surface area contributed by atoms with Crippen LogP contribution in [0.15, 0.2) is 0 Å². The predicted molar refractivity (Wildman–Crippen MR) is 62.8 cm³/mol. The van der Waals surface area contributed by atoms with Crippen LogP contribution in [0.3, 0.4) is 0 Å². The molecule has 3 fully saturated rings. The first kappa shape index (κ1) is 11.1. The summed E-state index contributed by atoms with van der Waals surface area (Å²) in [6.45, 7) is 1.44. The molecule has 4 nitrogen and oxygen atoms in total. The van der Waals surface area contributed by atoms with Crippen molar-refractivity contribution in [2.75, 3.05) is 13.1 Å². The highest BCUT2D eigenvalue weighted by Crippen LogP contribution is 2.54. The number of hydrogen-bond acceptors (Lipinski definition) is 2. The third-order valence-corrected chi connectivity index (χ3v) is 4.80. The largest absolute Gasteiger partial charge is 0.369 e. The fourth-order valence-corrected chi connectivity index (χ4v) is 3.56. The molecule has 2 unspecified atom stereocenters. The van der Waals surface area contributed by atoms with Crippen molar-refractivity contribution in [3.63, 3.8) is 0 Å². The van der Waals surface area contributed by atoms with E-state index in [-0.39, 0.29) is 17.7 Å². The summed E-state index contributed by atoms with van der Waals surface area (Å²) in [5.41, 5.74) is 5.29. The van der Waals surface area contributed by atoms with Crippen molar-refractivity contribution in [2.45, 2.75) is 32.1 Å². The molecule has 3 aliphatic rings. The molecule has 0 aromatic heterocycles. The van der Waals surface area contributed by atoms with Crippen molar-refractivity contribution in [3.8, 4) is 0 Å². The van der Waals surface area contributed by atoms with Crippen molar-refractivity contribution in [2.24, 2.45) is 29.4 Å². The van der Waals surface area contributed by atoms with E-state index < -0.39 is 0 Å². The number of hydrogen-bond donors (Lipinski definition) is 1. The summed E-state index contributed by atoms with van der Waals surface area (Å²) in [6.07, 6.45) is 5.08. The van der Waals surface area contributed by atoms with Crippen LogP contribution in [0.2, 0.25) is 0 Å².